The maximum atomic E-state index is 12.2. The van der Waals surface area contributed by atoms with Crippen LogP contribution in [0, 0.1) is 17.2 Å². The lowest BCUT2D eigenvalue weighted by Crippen LogP contribution is -3.10. The summed E-state index contributed by atoms with van der Waals surface area (Å²) < 4.78 is 10.5. The van der Waals surface area contributed by atoms with Gasteiger partial charge in [0.1, 0.15) is 5.54 Å². The van der Waals surface area contributed by atoms with Crippen molar-refractivity contribution in [2.75, 3.05) is 34.4 Å². The number of carbonyl (C=O) groups is 1. The molecular formula is C19H30N3O3+. The van der Waals surface area contributed by atoms with Crippen LogP contribution in [-0.4, -0.2) is 45.8 Å². The van der Waals surface area contributed by atoms with E-state index in [1.165, 1.54) is 0 Å². The normalized spacial score (nSPS) is 14.3. The van der Waals surface area contributed by atoms with Crippen molar-refractivity contribution in [3.8, 4) is 17.6 Å². The largest absolute Gasteiger partial charge is 0.493 e. The SMILES string of the molecule is COc1ccc(CC[NH+](C)CC(=O)N[C@](C)(C#N)C(C)C)cc1OC. The maximum Gasteiger partial charge on any atom is 0.276 e. The summed E-state index contributed by atoms with van der Waals surface area (Å²) in [5, 5.41) is 12.1. The van der Waals surface area contributed by atoms with E-state index in [4.69, 9.17) is 9.47 Å². The van der Waals surface area contributed by atoms with Crippen LogP contribution in [0.15, 0.2) is 18.2 Å². The number of nitriles is 1. The van der Waals surface area contributed by atoms with Crippen LogP contribution < -0.4 is 19.7 Å². The molecule has 1 aromatic carbocycles. The third kappa shape index (κ3) is 5.95. The number of methoxy groups -OCH3 is 2. The predicted octanol–water partition coefficient (Wildman–Crippen LogP) is 0.815. The van der Waals surface area contributed by atoms with Crippen molar-refractivity contribution in [3.05, 3.63) is 23.8 Å². The first kappa shape index (κ1) is 20.8. The lowest BCUT2D eigenvalue weighted by molar-refractivity contribution is -0.871. The van der Waals surface area contributed by atoms with Crippen LogP contribution in [0.2, 0.25) is 0 Å². The van der Waals surface area contributed by atoms with Crippen molar-refractivity contribution in [3.63, 3.8) is 0 Å². The van der Waals surface area contributed by atoms with E-state index in [-0.39, 0.29) is 11.8 Å². The highest BCUT2D eigenvalue weighted by Gasteiger charge is 2.30. The highest BCUT2D eigenvalue weighted by molar-refractivity contribution is 5.78. The lowest BCUT2D eigenvalue weighted by Gasteiger charge is -2.27. The molecule has 0 aliphatic carbocycles. The first-order valence-electron chi connectivity index (χ1n) is 8.50. The molecule has 0 heterocycles. The van der Waals surface area contributed by atoms with Gasteiger partial charge in [0.05, 0.1) is 33.9 Å². The molecule has 0 aliphatic heterocycles. The Morgan fingerprint density at radius 1 is 1.32 bits per heavy atom. The van der Waals surface area contributed by atoms with Crippen LogP contribution in [0.3, 0.4) is 0 Å². The number of ether oxygens (including phenoxy) is 2. The third-order valence-electron chi connectivity index (χ3n) is 4.54. The summed E-state index contributed by atoms with van der Waals surface area (Å²) in [6.07, 6.45) is 0.819. The van der Waals surface area contributed by atoms with Crippen LogP contribution in [-0.2, 0) is 11.2 Å². The molecule has 0 saturated heterocycles. The van der Waals surface area contributed by atoms with Gasteiger partial charge in [-0.1, -0.05) is 19.9 Å². The average Bonchev–Trinajstić information content (AvgIpc) is 2.59. The molecule has 0 aliphatic rings. The molecule has 138 valence electrons. The second-order valence-electron chi connectivity index (χ2n) is 6.84. The summed E-state index contributed by atoms with van der Waals surface area (Å²) in [5.41, 5.74) is 0.294. The molecule has 0 fully saturated rings. The molecule has 1 unspecified atom stereocenters. The number of hydrogen-bond donors (Lipinski definition) is 2. The summed E-state index contributed by atoms with van der Waals surface area (Å²) in [6, 6.07) is 8.04. The monoisotopic (exact) mass is 348 g/mol. The number of rotatable bonds is 9. The smallest absolute Gasteiger partial charge is 0.276 e. The summed E-state index contributed by atoms with van der Waals surface area (Å²) in [5.74, 6) is 1.35. The Morgan fingerprint density at radius 3 is 2.48 bits per heavy atom. The number of carbonyl (C=O) groups excluding carboxylic acids is 1. The first-order valence-corrected chi connectivity index (χ1v) is 8.50. The fourth-order valence-electron chi connectivity index (χ4n) is 2.39. The molecule has 0 aromatic heterocycles. The van der Waals surface area contributed by atoms with Crippen molar-refractivity contribution in [1.29, 1.82) is 5.26 Å². The summed E-state index contributed by atoms with van der Waals surface area (Å²) >= 11 is 0. The molecule has 6 heteroatoms. The first-order chi connectivity index (χ1) is 11.8. The van der Waals surface area contributed by atoms with Gasteiger partial charge in [0.2, 0.25) is 0 Å². The summed E-state index contributed by atoms with van der Waals surface area (Å²) in [4.78, 5) is 13.3. The topological polar surface area (TPSA) is 75.8 Å². The van der Waals surface area contributed by atoms with Gasteiger partial charge in [0.15, 0.2) is 18.0 Å². The van der Waals surface area contributed by atoms with Crippen LogP contribution in [0.25, 0.3) is 0 Å². The minimum Gasteiger partial charge on any atom is -0.493 e. The van der Waals surface area contributed by atoms with Gasteiger partial charge in [-0.15, -0.1) is 0 Å². The van der Waals surface area contributed by atoms with Crippen molar-refractivity contribution in [2.45, 2.75) is 32.7 Å². The number of benzene rings is 1. The van der Waals surface area contributed by atoms with Gasteiger partial charge in [0, 0.05) is 6.42 Å². The van der Waals surface area contributed by atoms with Crippen molar-refractivity contribution in [2.24, 2.45) is 5.92 Å². The van der Waals surface area contributed by atoms with Gasteiger partial charge in [-0.05, 0) is 30.5 Å². The Hall–Kier alpha value is -2.26. The van der Waals surface area contributed by atoms with E-state index in [0.717, 1.165) is 23.4 Å². The summed E-state index contributed by atoms with van der Waals surface area (Å²) in [7, 11) is 5.20. The number of likely N-dealkylation sites (N-methyl/N-ethyl adjacent to an activating group) is 1. The zero-order valence-electron chi connectivity index (χ0n) is 16.1. The second kappa shape index (κ2) is 9.28. The lowest BCUT2D eigenvalue weighted by atomic mass is 9.90. The van der Waals surface area contributed by atoms with E-state index in [1.807, 2.05) is 39.1 Å². The van der Waals surface area contributed by atoms with E-state index in [2.05, 4.69) is 11.4 Å². The van der Waals surface area contributed by atoms with Gasteiger partial charge in [-0.25, -0.2) is 0 Å². The van der Waals surface area contributed by atoms with E-state index in [9.17, 15) is 10.1 Å². The van der Waals surface area contributed by atoms with Gasteiger partial charge in [0.25, 0.3) is 5.91 Å². The minimum atomic E-state index is -0.833. The highest BCUT2D eigenvalue weighted by Crippen LogP contribution is 2.27. The van der Waals surface area contributed by atoms with Gasteiger partial charge >= 0.3 is 0 Å². The summed E-state index contributed by atoms with van der Waals surface area (Å²) in [6.45, 7) is 6.74. The number of hydrogen-bond acceptors (Lipinski definition) is 4. The van der Waals surface area contributed by atoms with Crippen molar-refractivity contribution < 1.29 is 19.2 Å². The number of amides is 1. The van der Waals surface area contributed by atoms with E-state index in [1.54, 1.807) is 21.1 Å². The molecule has 0 bridgehead atoms. The van der Waals surface area contributed by atoms with Crippen LogP contribution in [0.5, 0.6) is 11.5 Å². The molecule has 2 atom stereocenters. The fourth-order valence-corrected chi connectivity index (χ4v) is 2.39. The predicted molar refractivity (Wildman–Crippen MR) is 96.9 cm³/mol. The minimum absolute atomic E-state index is 0.0496. The number of nitrogens with zero attached hydrogens (tertiary/aromatic N) is 1. The van der Waals surface area contributed by atoms with Crippen LogP contribution in [0.4, 0.5) is 0 Å². The molecule has 2 N–H and O–H groups in total. The van der Waals surface area contributed by atoms with E-state index < -0.39 is 5.54 Å². The molecule has 1 amide bonds. The zero-order chi connectivity index (χ0) is 19.0. The quantitative estimate of drug-likeness (QED) is 0.693. The third-order valence-corrected chi connectivity index (χ3v) is 4.54. The van der Waals surface area contributed by atoms with Gasteiger partial charge in [-0.2, -0.15) is 5.26 Å². The molecule has 1 rings (SSSR count). The van der Waals surface area contributed by atoms with E-state index >= 15 is 0 Å². The molecule has 25 heavy (non-hydrogen) atoms. The Bertz CT molecular complexity index is 625. The molecule has 6 nitrogen and oxygen atoms in total. The van der Waals surface area contributed by atoms with Gasteiger partial charge in [-0.3, -0.25) is 4.79 Å². The molecule has 0 radical (unpaired) electrons. The number of quaternary nitrogens is 1. The fraction of sp³-hybridized carbons (Fsp3) is 0.579. The zero-order valence-corrected chi connectivity index (χ0v) is 16.1. The van der Waals surface area contributed by atoms with Crippen molar-refractivity contribution in [1.82, 2.24) is 5.32 Å². The average molecular weight is 348 g/mol. The molecule has 0 saturated carbocycles. The van der Waals surface area contributed by atoms with Crippen LogP contribution in [0.1, 0.15) is 26.3 Å². The van der Waals surface area contributed by atoms with Crippen molar-refractivity contribution >= 4 is 5.91 Å². The maximum absolute atomic E-state index is 12.2. The molecule has 1 aromatic rings. The second-order valence-corrected chi connectivity index (χ2v) is 6.84. The standard InChI is InChI=1S/C19H29N3O3/c1-14(2)19(3,13-20)21-18(23)12-22(4)10-9-15-7-8-16(24-5)17(11-15)25-6/h7-8,11,14H,9-10,12H2,1-6H3,(H,21,23)/p+1/t19-/m1/s1. The Kier molecular flexibility index (Phi) is 7.72. The molecule has 0 spiro atoms. The molecular weight excluding hydrogens is 318 g/mol. The highest BCUT2D eigenvalue weighted by atomic mass is 16.5. The number of nitrogens with one attached hydrogen (secondary N) is 2. The Morgan fingerprint density at radius 2 is 1.96 bits per heavy atom. The van der Waals surface area contributed by atoms with Gasteiger partial charge < -0.3 is 19.7 Å². The Labute approximate surface area is 150 Å². The Balaban J connectivity index is 2.56. The van der Waals surface area contributed by atoms with E-state index in [0.29, 0.717) is 18.0 Å². The van der Waals surface area contributed by atoms with Crippen LogP contribution >= 0.6 is 0 Å².